The number of carbonyl (C=O) groups excluding carboxylic acids is 1. The van der Waals surface area contributed by atoms with Crippen molar-refractivity contribution in [3.05, 3.63) is 23.8 Å². The first kappa shape index (κ1) is 11.6. The highest BCUT2D eigenvalue weighted by Gasteiger charge is 2.42. The Balaban J connectivity index is 2.37. The maximum atomic E-state index is 11.5. The first-order valence-corrected chi connectivity index (χ1v) is 6.04. The lowest BCUT2D eigenvalue weighted by atomic mass is 9.63. The quantitative estimate of drug-likeness (QED) is 0.690. The topological polar surface area (TPSA) is 37.3 Å². The highest BCUT2D eigenvalue weighted by molar-refractivity contribution is 5.91. The predicted molar refractivity (Wildman–Crippen MR) is 64.0 cm³/mol. The van der Waals surface area contributed by atoms with Gasteiger partial charge in [0.1, 0.15) is 0 Å². The van der Waals surface area contributed by atoms with Crippen LogP contribution in [0.3, 0.4) is 0 Å². The van der Waals surface area contributed by atoms with Crippen molar-refractivity contribution in [1.29, 1.82) is 0 Å². The van der Waals surface area contributed by atoms with E-state index in [1.165, 1.54) is 5.57 Å². The van der Waals surface area contributed by atoms with Gasteiger partial charge < -0.3 is 5.11 Å². The standard InChI is InChI=1S/C14H20O2/c1-9(2)11-6-7-14(3,16)13-8-10(15)4-5-12(11)13/h8,11-12,16H,1,4-7H2,2-3H3/t11-,12?,14?/m0/s1. The summed E-state index contributed by atoms with van der Waals surface area (Å²) in [7, 11) is 0. The molecule has 2 rings (SSSR count). The van der Waals surface area contributed by atoms with E-state index in [2.05, 4.69) is 13.5 Å². The smallest absolute Gasteiger partial charge is 0.155 e. The normalized spacial score (nSPS) is 38.9. The van der Waals surface area contributed by atoms with Crippen LogP contribution in [0.2, 0.25) is 0 Å². The molecule has 0 aromatic rings. The zero-order valence-corrected chi connectivity index (χ0v) is 10.1. The molecule has 0 spiro atoms. The van der Waals surface area contributed by atoms with E-state index in [1.54, 1.807) is 6.08 Å². The molecule has 2 unspecified atom stereocenters. The summed E-state index contributed by atoms with van der Waals surface area (Å²) in [5.74, 6) is 0.937. The molecule has 16 heavy (non-hydrogen) atoms. The van der Waals surface area contributed by atoms with E-state index in [0.717, 1.165) is 24.8 Å². The zero-order valence-electron chi connectivity index (χ0n) is 10.1. The summed E-state index contributed by atoms with van der Waals surface area (Å²) in [5.41, 5.74) is 1.34. The Morgan fingerprint density at radius 1 is 1.56 bits per heavy atom. The van der Waals surface area contributed by atoms with Gasteiger partial charge in [-0.25, -0.2) is 0 Å². The molecule has 0 amide bonds. The van der Waals surface area contributed by atoms with E-state index in [1.807, 2.05) is 6.92 Å². The third kappa shape index (κ3) is 1.86. The summed E-state index contributed by atoms with van der Waals surface area (Å²) in [6, 6.07) is 0. The van der Waals surface area contributed by atoms with Gasteiger partial charge in [-0.15, -0.1) is 0 Å². The first-order valence-electron chi connectivity index (χ1n) is 6.04. The average Bonchev–Trinajstić information content (AvgIpc) is 2.18. The minimum Gasteiger partial charge on any atom is -0.386 e. The van der Waals surface area contributed by atoms with Gasteiger partial charge in [-0.05, 0) is 56.6 Å². The van der Waals surface area contributed by atoms with Gasteiger partial charge in [0.2, 0.25) is 0 Å². The number of fused-ring (bicyclic) bond motifs is 1. The summed E-state index contributed by atoms with van der Waals surface area (Å²) in [4.78, 5) is 11.5. The number of hydrogen-bond acceptors (Lipinski definition) is 2. The fourth-order valence-corrected chi connectivity index (χ4v) is 3.15. The van der Waals surface area contributed by atoms with E-state index in [4.69, 9.17) is 0 Å². The second-order valence-electron chi connectivity index (χ2n) is 5.48. The van der Waals surface area contributed by atoms with Gasteiger partial charge in [0, 0.05) is 6.42 Å². The van der Waals surface area contributed by atoms with Gasteiger partial charge in [-0.2, -0.15) is 0 Å². The Morgan fingerprint density at radius 3 is 2.88 bits per heavy atom. The molecule has 2 aliphatic carbocycles. The van der Waals surface area contributed by atoms with Crippen LogP contribution in [-0.4, -0.2) is 16.5 Å². The lowest BCUT2D eigenvalue weighted by molar-refractivity contribution is -0.116. The molecular formula is C14H20O2. The molecule has 2 heteroatoms. The summed E-state index contributed by atoms with van der Waals surface area (Å²) in [6.07, 6.45) is 4.90. The molecule has 0 saturated heterocycles. The van der Waals surface area contributed by atoms with Crippen molar-refractivity contribution in [2.75, 3.05) is 0 Å². The second kappa shape index (κ2) is 3.85. The Kier molecular flexibility index (Phi) is 2.79. The number of ketones is 1. The Hall–Kier alpha value is -0.890. The van der Waals surface area contributed by atoms with Crippen LogP contribution in [-0.2, 0) is 4.79 Å². The number of rotatable bonds is 1. The van der Waals surface area contributed by atoms with Gasteiger partial charge >= 0.3 is 0 Å². The van der Waals surface area contributed by atoms with E-state index in [0.29, 0.717) is 18.3 Å². The molecule has 0 radical (unpaired) electrons. The van der Waals surface area contributed by atoms with E-state index < -0.39 is 5.60 Å². The maximum Gasteiger partial charge on any atom is 0.155 e. The van der Waals surface area contributed by atoms with E-state index >= 15 is 0 Å². The van der Waals surface area contributed by atoms with Crippen molar-refractivity contribution in [3.63, 3.8) is 0 Å². The number of hydrogen-bond donors (Lipinski definition) is 1. The molecular weight excluding hydrogens is 200 g/mol. The lowest BCUT2D eigenvalue weighted by Gasteiger charge is -2.44. The molecule has 0 aromatic heterocycles. The third-order valence-electron chi connectivity index (χ3n) is 4.10. The highest BCUT2D eigenvalue weighted by atomic mass is 16.3. The van der Waals surface area contributed by atoms with Crippen LogP contribution in [0.1, 0.15) is 39.5 Å². The molecule has 1 fully saturated rings. The van der Waals surface area contributed by atoms with Crippen molar-refractivity contribution in [1.82, 2.24) is 0 Å². The lowest BCUT2D eigenvalue weighted by Crippen LogP contribution is -2.42. The minimum atomic E-state index is -0.785. The Labute approximate surface area is 97.0 Å². The fraction of sp³-hybridized carbons (Fsp3) is 0.643. The summed E-state index contributed by atoms with van der Waals surface area (Å²) >= 11 is 0. The van der Waals surface area contributed by atoms with Gasteiger partial charge in [-0.1, -0.05) is 12.2 Å². The number of allylic oxidation sites excluding steroid dienone is 2. The monoisotopic (exact) mass is 220 g/mol. The molecule has 0 heterocycles. The third-order valence-corrected chi connectivity index (χ3v) is 4.10. The average molecular weight is 220 g/mol. The van der Waals surface area contributed by atoms with Crippen molar-refractivity contribution in [2.24, 2.45) is 11.8 Å². The molecule has 3 atom stereocenters. The van der Waals surface area contributed by atoms with Crippen LogP contribution in [0.5, 0.6) is 0 Å². The first-order chi connectivity index (χ1) is 7.42. The zero-order chi connectivity index (χ0) is 11.9. The van der Waals surface area contributed by atoms with Gasteiger partial charge in [-0.3, -0.25) is 4.79 Å². The van der Waals surface area contributed by atoms with Crippen LogP contribution in [0.4, 0.5) is 0 Å². The van der Waals surface area contributed by atoms with Crippen LogP contribution in [0.15, 0.2) is 23.8 Å². The molecule has 0 aliphatic heterocycles. The van der Waals surface area contributed by atoms with Crippen molar-refractivity contribution in [2.45, 2.75) is 45.1 Å². The van der Waals surface area contributed by atoms with E-state index in [-0.39, 0.29) is 5.78 Å². The molecule has 88 valence electrons. The molecule has 0 bridgehead atoms. The molecule has 1 N–H and O–H groups in total. The maximum absolute atomic E-state index is 11.5. The molecule has 2 nitrogen and oxygen atoms in total. The molecule has 0 aromatic carbocycles. The molecule has 2 aliphatic rings. The fourth-order valence-electron chi connectivity index (χ4n) is 3.15. The SMILES string of the molecule is C=C(C)[C@@H]1CCC(C)(O)C2=CC(=O)CCC21. The summed E-state index contributed by atoms with van der Waals surface area (Å²) in [5, 5.41) is 10.3. The Bertz CT molecular complexity index is 363. The van der Waals surface area contributed by atoms with Gasteiger partial charge in [0.25, 0.3) is 0 Å². The van der Waals surface area contributed by atoms with Crippen molar-refractivity contribution in [3.8, 4) is 0 Å². The van der Waals surface area contributed by atoms with Gasteiger partial charge in [0.05, 0.1) is 5.60 Å². The van der Waals surface area contributed by atoms with Crippen LogP contribution >= 0.6 is 0 Å². The molecule has 1 saturated carbocycles. The number of aliphatic hydroxyl groups is 1. The minimum absolute atomic E-state index is 0.161. The largest absolute Gasteiger partial charge is 0.386 e. The van der Waals surface area contributed by atoms with Crippen molar-refractivity contribution < 1.29 is 9.90 Å². The van der Waals surface area contributed by atoms with Crippen LogP contribution < -0.4 is 0 Å². The van der Waals surface area contributed by atoms with Gasteiger partial charge in [0.15, 0.2) is 5.78 Å². The predicted octanol–water partition coefficient (Wildman–Crippen LogP) is 2.63. The Morgan fingerprint density at radius 2 is 2.25 bits per heavy atom. The van der Waals surface area contributed by atoms with E-state index in [9.17, 15) is 9.90 Å². The second-order valence-corrected chi connectivity index (χ2v) is 5.48. The summed E-state index contributed by atoms with van der Waals surface area (Å²) < 4.78 is 0. The van der Waals surface area contributed by atoms with Crippen LogP contribution in [0, 0.1) is 11.8 Å². The summed E-state index contributed by atoms with van der Waals surface area (Å²) in [6.45, 7) is 7.93. The highest BCUT2D eigenvalue weighted by Crippen LogP contribution is 2.47. The van der Waals surface area contributed by atoms with Crippen molar-refractivity contribution >= 4 is 5.78 Å². The van der Waals surface area contributed by atoms with Crippen LogP contribution in [0.25, 0.3) is 0 Å². The number of carbonyl (C=O) groups is 1.